The van der Waals surface area contributed by atoms with Crippen LogP contribution in [0.25, 0.3) is 0 Å². The molecule has 110 valence electrons. The third-order valence-corrected chi connectivity index (χ3v) is 3.27. The fourth-order valence-corrected chi connectivity index (χ4v) is 2.24. The molecule has 0 aliphatic carbocycles. The van der Waals surface area contributed by atoms with Crippen LogP contribution < -0.4 is 5.06 Å². The molecule has 0 radical (unpaired) electrons. The Morgan fingerprint density at radius 1 is 1.35 bits per heavy atom. The van der Waals surface area contributed by atoms with E-state index in [1.165, 1.54) is 0 Å². The van der Waals surface area contributed by atoms with E-state index in [0.717, 1.165) is 11.3 Å². The molecule has 0 fully saturated rings. The Labute approximate surface area is 125 Å². The largest absolute Gasteiger partial charge is 0.383 e. The van der Waals surface area contributed by atoms with Crippen LogP contribution in [0.5, 0.6) is 0 Å². The van der Waals surface area contributed by atoms with Gasteiger partial charge in [0, 0.05) is 7.11 Å². The predicted octanol–water partition coefficient (Wildman–Crippen LogP) is 3.76. The van der Waals surface area contributed by atoms with Crippen molar-refractivity contribution in [1.82, 2.24) is 0 Å². The number of hydrogen-bond acceptors (Lipinski definition) is 4. The monoisotopic (exact) mass is 296 g/mol. The molecule has 0 spiro atoms. The lowest BCUT2D eigenvalue weighted by molar-refractivity contribution is 0.0919. The summed E-state index contributed by atoms with van der Waals surface area (Å²) in [5, 5.41) is 11.0. The minimum Gasteiger partial charge on any atom is -0.383 e. The van der Waals surface area contributed by atoms with Gasteiger partial charge >= 0.3 is 0 Å². The van der Waals surface area contributed by atoms with Gasteiger partial charge in [-0.25, -0.2) is 0 Å². The molecule has 0 aromatic heterocycles. The van der Waals surface area contributed by atoms with Crippen LogP contribution in [0.3, 0.4) is 0 Å². The maximum atomic E-state index is 8.60. The topological polar surface area (TPSA) is 45.5 Å². The van der Waals surface area contributed by atoms with E-state index in [9.17, 15) is 0 Å². The number of nitriles is 1. The molecule has 1 rings (SSSR count). The molecular formula is C15H21ClN2O2. The fraction of sp³-hybridized carbons (Fsp3) is 0.533. The van der Waals surface area contributed by atoms with Crippen molar-refractivity contribution >= 4 is 17.3 Å². The quantitative estimate of drug-likeness (QED) is 0.541. The van der Waals surface area contributed by atoms with Crippen LogP contribution in [0.4, 0.5) is 5.69 Å². The Kier molecular flexibility index (Phi) is 7.38. The molecule has 4 nitrogen and oxygen atoms in total. The normalized spacial score (nSPS) is 10.6. The molecule has 1 aromatic carbocycles. The van der Waals surface area contributed by atoms with Crippen LogP contribution >= 0.6 is 11.6 Å². The number of hydrogen-bond donors (Lipinski definition) is 0. The summed E-state index contributed by atoms with van der Waals surface area (Å²) in [6.45, 7) is 5.61. The Balaban J connectivity index is 2.94. The average Bonchev–Trinajstić information content (AvgIpc) is 2.43. The van der Waals surface area contributed by atoms with Gasteiger partial charge in [0.25, 0.3) is 0 Å². The van der Waals surface area contributed by atoms with Gasteiger partial charge in [-0.3, -0.25) is 9.90 Å². The second-order valence-corrected chi connectivity index (χ2v) is 5.05. The molecule has 0 bridgehead atoms. The molecule has 0 heterocycles. The summed E-state index contributed by atoms with van der Waals surface area (Å²) in [5.41, 5.74) is 1.89. The van der Waals surface area contributed by atoms with Crippen molar-refractivity contribution in [2.75, 3.05) is 31.9 Å². The van der Waals surface area contributed by atoms with E-state index in [1.807, 2.05) is 18.2 Å². The molecule has 1 aromatic rings. The predicted molar refractivity (Wildman–Crippen MR) is 80.9 cm³/mol. The number of rotatable bonds is 8. The molecule has 0 amide bonds. The third kappa shape index (κ3) is 4.68. The molecular weight excluding hydrogens is 276 g/mol. The zero-order valence-corrected chi connectivity index (χ0v) is 13.0. The molecule has 0 unspecified atom stereocenters. The van der Waals surface area contributed by atoms with Gasteiger partial charge in [0.2, 0.25) is 0 Å². The van der Waals surface area contributed by atoms with Gasteiger partial charge < -0.3 is 4.74 Å². The first-order valence-electron chi connectivity index (χ1n) is 6.66. The Bertz CT molecular complexity index is 458. The third-order valence-electron chi connectivity index (χ3n) is 2.86. The zero-order valence-electron chi connectivity index (χ0n) is 12.2. The minimum atomic E-state index is 0.336. The van der Waals surface area contributed by atoms with Gasteiger partial charge in [-0.15, -0.1) is 0 Å². The van der Waals surface area contributed by atoms with Crippen molar-refractivity contribution in [3.05, 3.63) is 28.8 Å². The smallest absolute Gasteiger partial charge is 0.0878 e. The number of hydroxylamine groups is 1. The van der Waals surface area contributed by atoms with E-state index < -0.39 is 0 Å². The van der Waals surface area contributed by atoms with E-state index >= 15 is 0 Å². The summed E-state index contributed by atoms with van der Waals surface area (Å²) in [6.07, 6.45) is 0.338. The molecule has 5 heteroatoms. The molecule has 0 aliphatic heterocycles. The Morgan fingerprint density at radius 2 is 2.10 bits per heavy atom. The van der Waals surface area contributed by atoms with Crippen LogP contribution in [-0.4, -0.2) is 26.9 Å². The lowest BCUT2D eigenvalue weighted by atomic mass is 10.0. The Morgan fingerprint density at radius 3 is 2.70 bits per heavy atom. The average molecular weight is 297 g/mol. The van der Waals surface area contributed by atoms with E-state index in [1.54, 1.807) is 12.2 Å². The van der Waals surface area contributed by atoms with Crippen LogP contribution in [0, 0.1) is 11.3 Å². The van der Waals surface area contributed by atoms with Gasteiger partial charge in [-0.05, 0) is 17.5 Å². The van der Waals surface area contributed by atoms with E-state index in [0.29, 0.717) is 37.1 Å². The van der Waals surface area contributed by atoms with E-state index in [-0.39, 0.29) is 0 Å². The zero-order chi connectivity index (χ0) is 15.0. The van der Waals surface area contributed by atoms with Crippen LogP contribution in [-0.2, 0) is 9.57 Å². The molecule has 0 saturated heterocycles. The molecule has 20 heavy (non-hydrogen) atoms. The minimum absolute atomic E-state index is 0.336. The van der Waals surface area contributed by atoms with Crippen molar-refractivity contribution < 1.29 is 9.57 Å². The first-order valence-corrected chi connectivity index (χ1v) is 7.04. The number of methoxy groups -OCH3 is 1. The van der Waals surface area contributed by atoms with Crippen molar-refractivity contribution in [2.45, 2.75) is 26.2 Å². The molecule has 0 saturated carbocycles. The van der Waals surface area contributed by atoms with Gasteiger partial charge in [-0.2, -0.15) is 5.26 Å². The first kappa shape index (κ1) is 16.8. The summed E-state index contributed by atoms with van der Waals surface area (Å²) in [5.74, 6) is 0.339. The molecule has 0 atom stereocenters. The maximum absolute atomic E-state index is 8.60. The van der Waals surface area contributed by atoms with Crippen molar-refractivity contribution in [1.29, 1.82) is 5.26 Å². The molecule has 0 aliphatic rings. The highest BCUT2D eigenvalue weighted by atomic mass is 35.5. The Hall–Kier alpha value is -1.28. The summed E-state index contributed by atoms with van der Waals surface area (Å²) in [6, 6.07) is 7.95. The fourth-order valence-electron chi connectivity index (χ4n) is 1.81. The van der Waals surface area contributed by atoms with Crippen LogP contribution in [0.2, 0.25) is 5.02 Å². The van der Waals surface area contributed by atoms with Gasteiger partial charge in [0.15, 0.2) is 0 Å². The van der Waals surface area contributed by atoms with Gasteiger partial charge in [0.1, 0.15) is 0 Å². The summed E-state index contributed by atoms with van der Waals surface area (Å²) >= 11 is 6.46. The van der Waals surface area contributed by atoms with E-state index in [2.05, 4.69) is 19.9 Å². The lowest BCUT2D eigenvalue weighted by Gasteiger charge is -2.25. The first-order chi connectivity index (χ1) is 9.61. The van der Waals surface area contributed by atoms with Crippen molar-refractivity contribution in [3.63, 3.8) is 0 Å². The highest BCUT2D eigenvalue weighted by molar-refractivity contribution is 6.34. The second kappa shape index (κ2) is 8.80. The highest BCUT2D eigenvalue weighted by Gasteiger charge is 2.15. The summed E-state index contributed by atoms with van der Waals surface area (Å²) in [4.78, 5) is 5.63. The SMILES string of the molecule is COCCN(OCCC#N)c1cccc(C(C)C)c1Cl. The van der Waals surface area contributed by atoms with Crippen molar-refractivity contribution in [3.8, 4) is 6.07 Å². The second-order valence-electron chi connectivity index (χ2n) is 4.67. The highest BCUT2D eigenvalue weighted by Crippen LogP contribution is 2.33. The van der Waals surface area contributed by atoms with Crippen molar-refractivity contribution in [2.24, 2.45) is 0 Å². The van der Waals surface area contributed by atoms with Gasteiger partial charge in [0.05, 0.1) is 43.0 Å². The standard InChI is InChI=1S/C15H21ClN2O2/c1-12(2)13-6-4-7-14(15(13)16)18(9-11-19-3)20-10-5-8-17/h4,6-7,12H,5,9-11H2,1-3H3. The molecule has 0 N–H and O–H groups in total. The number of benzene rings is 1. The van der Waals surface area contributed by atoms with Crippen LogP contribution in [0.1, 0.15) is 31.7 Å². The number of nitrogens with zero attached hydrogens (tertiary/aromatic N) is 2. The number of ether oxygens (including phenoxy) is 1. The summed E-state index contributed by atoms with van der Waals surface area (Å²) in [7, 11) is 1.64. The number of halogens is 1. The van der Waals surface area contributed by atoms with E-state index in [4.69, 9.17) is 26.4 Å². The number of anilines is 1. The van der Waals surface area contributed by atoms with Crippen LogP contribution in [0.15, 0.2) is 18.2 Å². The lowest BCUT2D eigenvalue weighted by Crippen LogP contribution is -2.28. The van der Waals surface area contributed by atoms with Gasteiger partial charge in [-0.1, -0.05) is 37.6 Å². The maximum Gasteiger partial charge on any atom is 0.0878 e. The summed E-state index contributed by atoms with van der Waals surface area (Å²) < 4.78 is 5.09.